The van der Waals surface area contributed by atoms with Crippen LogP contribution in [0.3, 0.4) is 0 Å². The van der Waals surface area contributed by atoms with Crippen molar-refractivity contribution < 1.29 is 4.39 Å². The van der Waals surface area contributed by atoms with Crippen LogP contribution in [0.15, 0.2) is 66.2 Å². The van der Waals surface area contributed by atoms with Gasteiger partial charge in [-0.05, 0) is 31.2 Å². The van der Waals surface area contributed by atoms with Crippen LogP contribution in [0.2, 0.25) is 0 Å². The number of aromatic nitrogens is 3. The summed E-state index contributed by atoms with van der Waals surface area (Å²) >= 11 is 0. The minimum absolute atomic E-state index is 0.371. The lowest BCUT2D eigenvalue weighted by molar-refractivity contribution is 0.619. The largest absolute Gasteiger partial charge is 0.234 e. The summed E-state index contributed by atoms with van der Waals surface area (Å²) in [6, 6.07) is 2.94. The highest BCUT2D eigenvalue weighted by atomic mass is 19.1. The van der Waals surface area contributed by atoms with Crippen LogP contribution in [-0.4, -0.2) is 14.8 Å². The van der Waals surface area contributed by atoms with E-state index < -0.39 is 0 Å². The second kappa shape index (κ2) is 6.74. The Morgan fingerprint density at radius 1 is 1.26 bits per heavy atom. The molecule has 1 aliphatic carbocycles. The molecular weight excluding hydrogens is 289 g/mol. The molecule has 0 saturated heterocycles. The van der Waals surface area contributed by atoms with Crippen molar-refractivity contribution in [3.05, 3.63) is 83.3 Å². The number of pyridine rings is 1. The molecule has 3 nitrogen and oxygen atoms in total. The molecule has 2 aromatic rings. The van der Waals surface area contributed by atoms with Gasteiger partial charge in [-0.3, -0.25) is 0 Å². The summed E-state index contributed by atoms with van der Waals surface area (Å²) in [5, 5.41) is 4.38. The maximum absolute atomic E-state index is 12.9. The molecule has 1 aliphatic rings. The van der Waals surface area contributed by atoms with Crippen molar-refractivity contribution in [2.75, 3.05) is 0 Å². The maximum Gasteiger partial charge on any atom is 0.153 e. The Labute approximate surface area is 134 Å². The van der Waals surface area contributed by atoms with Gasteiger partial charge in [0.05, 0.1) is 17.5 Å². The number of rotatable bonds is 1. The van der Waals surface area contributed by atoms with Crippen molar-refractivity contribution >= 4 is 0 Å². The third-order valence-corrected chi connectivity index (χ3v) is 3.24. The molecule has 0 N–H and O–H groups in total. The Bertz CT molecular complexity index is 896. The van der Waals surface area contributed by atoms with Crippen molar-refractivity contribution in [2.24, 2.45) is 0 Å². The van der Waals surface area contributed by atoms with E-state index in [1.165, 1.54) is 12.3 Å². The van der Waals surface area contributed by atoms with E-state index >= 15 is 0 Å². The van der Waals surface area contributed by atoms with E-state index in [1.807, 2.05) is 37.3 Å². The Balaban J connectivity index is 1.86. The fraction of sp³-hybridized carbons (Fsp3) is 0.105. The molecular formula is C19H14FN3. The first-order chi connectivity index (χ1) is 11.2. The summed E-state index contributed by atoms with van der Waals surface area (Å²) in [7, 11) is 0. The molecule has 0 spiro atoms. The van der Waals surface area contributed by atoms with Crippen molar-refractivity contribution in [3.63, 3.8) is 0 Å². The number of allylic oxidation sites excluding steroid dienone is 5. The highest BCUT2D eigenvalue weighted by Crippen LogP contribution is 2.11. The number of hydrogen-bond acceptors (Lipinski definition) is 2. The molecule has 2 aromatic heterocycles. The fourth-order valence-corrected chi connectivity index (χ4v) is 2.03. The molecule has 0 fully saturated rings. The summed E-state index contributed by atoms with van der Waals surface area (Å²) < 4.78 is 14.5. The zero-order valence-corrected chi connectivity index (χ0v) is 12.6. The van der Waals surface area contributed by atoms with Crippen LogP contribution in [0, 0.1) is 24.6 Å². The minimum Gasteiger partial charge on any atom is -0.234 e. The lowest BCUT2D eigenvalue weighted by Gasteiger charge is -1.98. The van der Waals surface area contributed by atoms with Crippen molar-refractivity contribution in [1.29, 1.82) is 0 Å². The number of nitrogens with zero attached hydrogens (tertiary/aromatic N) is 3. The van der Waals surface area contributed by atoms with Gasteiger partial charge in [-0.2, -0.15) is 5.10 Å². The molecule has 0 radical (unpaired) electrons. The summed E-state index contributed by atoms with van der Waals surface area (Å²) in [4.78, 5) is 4.02. The Kier molecular flexibility index (Phi) is 4.33. The van der Waals surface area contributed by atoms with Crippen LogP contribution in [0.1, 0.15) is 17.7 Å². The van der Waals surface area contributed by atoms with Crippen LogP contribution < -0.4 is 0 Å². The number of hydrogen-bond donors (Lipinski definition) is 0. The van der Waals surface area contributed by atoms with Gasteiger partial charge in [0, 0.05) is 18.2 Å². The first kappa shape index (κ1) is 14.8. The predicted octanol–water partition coefficient (Wildman–Crippen LogP) is 3.66. The minimum atomic E-state index is -0.371. The lowest BCUT2D eigenvalue weighted by Crippen LogP contribution is -1.98. The Hall–Kier alpha value is -3.15. The number of halogens is 1. The zero-order chi connectivity index (χ0) is 16.1. The van der Waals surface area contributed by atoms with Crippen LogP contribution in [-0.2, 0) is 0 Å². The van der Waals surface area contributed by atoms with Crippen LogP contribution >= 0.6 is 0 Å². The van der Waals surface area contributed by atoms with E-state index in [1.54, 1.807) is 16.9 Å². The third kappa shape index (κ3) is 3.74. The highest BCUT2D eigenvalue weighted by Gasteiger charge is 2.05. The average Bonchev–Trinajstić information content (AvgIpc) is 2.88. The first-order valence-electron chi connectivity index (χ1n) is 7.19. The summed E-state index contributed by atoms with van der Waals surface area (Å²) in [5.41, 5.74) is 5.69. The van der Waals surface area contributed by atoms with Crippen molar-refractivity contribution in [2.45, 2.75) is 13.3 Å². The molecule has 4 heteroatoms. The summed E-state index contributed by atoms with van der Waals surface area (Å²) in [6.07, 6.45) is 13.4. The monoisotopic (exact) mass is 303 g/mol. The van der Waals surface area contributed by atoms with Crippen LogP contribution in [0.4, 0.5) is 4.39 Å². The van der Waals surface area contributed by atoms with Gasteiger partial charge in [-0.15, -0.1) is 5.73 Å². The molecule has 0 atom stereocenters. The molecule has 0 aromatic carbocycles. The van der Waals surface area contributed by atoms with Crippen LogP contribution in [0.25, 0.3) is 5.82 Å². The van der Waals surface area contributed by atoms with Gasteiger partial charge < -0.3 is 0 Å². The molecule has 0 saturated carbocycles. The van der Waals surface area contributed by atoms with Gasteiger partial charge in [0.15, 0.2) is 5.82 Å². The molecule has 0 aliphatic heterocycles. The second-order valence-electron chi connectivity index (χ2n) is 4.98. The fourth-order valence-electron chi connectivity index (χ4n) is 2.03. The molecule has 112 valence electrons. The topological polar surface area (TPSA) is 30.7 Å². The van der Waals surface area contributed by atoms with E-state index in [-0.39, 0.29) is 5.82 Å². The summed E-state index contributed by atoms with van der Waals surface area (Å²) in [5.74, 6) is 6.49. The van der Waals surface area contributed by atoms with E-state index in [0.717, 1.165) is 23.3 Å². The molecule has 2 heterocycles. The Morgan fingerprint density at radius 2 is 2.17 bits per heavy atom. The quantitative estimate of drug-likeness (QED) is 0.594. The molecule has 0 bridgehead atoms. The van der Waals surface area contributed by atoms with E-state index in [0.29, 0.717) is 5.82 Å². The van der Waals surface area contributed by atoms with E-state index in [2.05, 4.69) is 27.7 Å². The molecule has 0 unspecified atom stereocenters. The maximum atomic E-state index is 12.9. The second-order valence-corrected chi connectivity index (χ2v) is 4.98. The van der Waals surface area contributed by atoms with Gasteiger partial charge in [0.1, 0.15) is 5.82 Å². The highest BCUT2D eigenvalue weighted by molar-refractivity contribution is 5.44. The van der Waals surface area contributed by atoms with Gasteiger partial charge >= 0.3 is 0 Å². The van der Waals surface area contributed by atoms with E-state index in [4.69, 9.17) is 0 Å². The van der Waals surface area contributed by atoms with Crippen LogP contribution in [0.5, 0.6) is 0 Å². The smallest absolute Gasteiger partial charge is 0.153 e. The summed E-state index contributed by atoms with van der Waals surface area (Å²) in [6.45, 7) is 1.89. The number of aryl methyl sites for hydroxylation is 1. The lowest BCUT2D eigenvalue weighted by atomic mass is 10.1. The van der Waals surface area contributed by atoms with Gasteiger partial charge in [0.2, 0.25) is 0 Å². The SMILES string of the molecule is Cc1nn(-c2ccc(F)cn2)cc1C#C/C1=C/C=C\C=C=CC1. The first-order valence-corrected chi connectivity index (χ1v) is 7.19. The molecule has 3 rings (SSSR count). The molecule has 0 amide bonds. The normalized spacial score (nSPS) is 16.7. The van der Waals surface area contributed by atoms with Gasteiger partial charge in [-0.1, -0.05) is 30.1 Å². The van der Waals surface area contributed by atoms with Crippen molar-refractivity contribution in [1.82, 2.24) is 14.8 Å². The predicted molar refractivity (Wildman–Crippen MR) is 87.4 cm³/mol. The third-order valence-electron chi connectivity index (χ3n) is 3.24. The Morgan fingerprint density at radius 3 is 3.00 bits per heavy atom. The van der Waals surface area contributed by atoms with E-state index in [9.17, 15) is 4.39 Å². The van der Waals surface area contributed by atoms with Gasteiger partial charge in [-0.25, -0.2) is 14.1 Å². The van der Waals surface area contributed by atoms with Crippen molar-refractivity contribution in [3.8, 4) is 17.7 Å². The standard InChI is InChI=1S/C19H14FN3/c1-15-17(10-9-16-7-5-3-2-4-6-8-16)14-23(22-15)19-12-11-18(20)13-21-19/h2-3,5-7,11-14H,8H2,1H3/b5-3-,16-7+. The van der Waals surface area contributed by atoms with Gasteiger partial charge in [0.25, 0.3) is 0 Å². The molecule has 23 heavy (non-hydrogen) atoms. The zero-order valence-electron chi connectivity index (χ0n) is 12.6. The average molecular weight is 303 g/mol.